The number of ether oxygens (including phenoxy) is 1. The first kappa shape index (κ1) is 12.6. The van der Waals surface area contributed by atoms with Crippen LogP contribution in [0, 0.1) is 6.92 Å². The number of rotatable bonds is 3. The van der Waals surface area contributed by atoms with Crippen molar-refractivity contribution < 1.29 is 14.3 Å². The Morgan fingerprint density at radius 2 is 2.22 bits per heavy atom. The quantitative estimate of drug-likeness (QED) is 0.770. The zero-order valence-electron chi connectivity index (χ0n) is 10.7. The Labute approximate surface area is 107 Å². The summed E-state index contributed by atoms with van der Waals surface area (Å²) >= 11 is 0. The Morgan fingerprint density at radius 1 is 1.44 bits per heavy atom. The molecule has 1 amide bonds. The van der Waals surface area contributed by atoms with E-state index in [0.717, 1.165) is 24.2 Å². The van der Waals surface area contributed by atoms with Crippen LogP contribution in [0.5, 0.6) is 0 Å². The van der Waals surface area contributed by atoms with E-state index in [1.165, 1.54) is 0 Å². The van der Waals surface area contributed by atoms with Crippen molar-refractivity contribution in [1.82, 2.24) is 0 Å². The van der Waals surface area contributed by atoms with E-state index in [9.17, 15) is 9.59 Å². The molecule has 1 aromatic carbocycles. The van der Waals surface area contributed by atoms with Gasteiger partial charge >= 0.3 is 5.97 Å². The summed E-state index contributed by atoms with van der Waals surface area (Å²) in [5.41, 5.74) is 2.26. The molecule has 1 fully saturated rings. The maximum Gasteiger partial charge on any atom is 0.338 e. The van der Waals surface area contributed by atoms with Crippen molar-refractivity contribution in [2.24, 2.45) is 0 Å². The van der Waals surface area contributed by atoms with E-state index in [2.05, 4.69) is 0 Å². The molecule has 2 rings (SSSR count). The second kappa shape index (κ2) is 5.21. The van der Waals surface area contributed by atoms with E-state index >= 15 is 0 Å². The Kier molecular flexibility index (Phi) is 3.65. The molecule has 4 heteroatoms. The molecule has 0 N–H and O–H groups in total. The molecule has 0 atom stereocenters. The van der Waals surface area contributed by atoms with E-state index < -0.39 is 0 Å². The summed E-state index contributed by atoms with van der Waals surface area (Å²) < 4.78 is 4.98. The van der Waals surface area contributed by atoms with Gasteiger partial charge in [-0.05, 0) is 44.0 Å². The van der Waals surface area contributed by atoms with Crippen molar-refractivity contribution in [2.45, 2.75) is 26.7 Å². The number of benzene rings is 1. The van der Waals surface area contributed by atoms with Gasteiger partial charge in [0.1, 0.15) is 0 Å². The first-order chi connectivity index (χ1) is 8.63. The van der Waals surface area contributed by atoms with Crippen molar-refractivity contribution in [2.75, 3.05) is 18.1 Å². The zero-order valence-corrected chi connectivity index (χ0v) is 10.7. The predicted octanol–water partition coefficient (Wildman–Crippen LogP) is 2.30. The maximum absolute atomic E-state index is 11.7. The van der Waals surface area contributed by atoms with Gasteiger partial charge in [-0.25, -0.2) is 4.79 Å². The fourth-order valence-corrected chi connectivity index (χ4v) is 2.17. The molecule has 1 aliphatic heterocycles. The normalized spacial score (nSPS) is 15.0. The predicted molar refractivity (Wildman–Crippen MR) is 68.7 cm³/mol. The average Bonchev–Trinajstić information content (AvgIpc) is 2.75. The largest absolute Gasteiger partial charge is 0.462 e. The number of carbonyl (C=O) groups is 2. The fraction of sp³-hybridized carbons (Fsp3) is 0.429. The van der Waals surface area contributed by atoms with E-state index in [-0.39, 0.29) is 11.9 Å². The minimum atomic E-state index is -0.311. The van der Waals surface area contributed by atoms with Crippen LogP contribution in [-0.4, -0.2) is 25.0 Å². The standard InChI is InChI=1S/C14H17NO3/c1-3-18-14(17)12-7-6-11(9-10(12)2)15-8-4-5-13(15)16/h6-7,9H,3-5,8H2,1-2H3. The van der Waals surface area contributed by atoms with Crippen LogP contribution in [0.1, 0.15) is 35.7 Å². The zero-order chi connectivity index (χ0) is 13.1. The van der Waals surface area contributed by atoms with Gasteiger partial charge in [0.15, 0.2) is 0 Å². The van der Waals surface area contributed by atoms with Crippen LogP contribution in [-0.2, 0) is 9.53 Å². The number of esters is 1. The molecule has 4 nitrogen and oxygen atoms in total. The van der Waals surface area contributed by atoms with Crippen molar-refractivity contribution >= 4 is 17.6 Å². The Hall–Kier alpha value is -1.84. The molecule has 0 aromatic heterocycles. The minimum absolute atomic E-state index is 0.151. The van der Waals surface area contributed by atoms with Crippen molar-refractivity contribution in [3.8, 4) is 0 Å². The molecule has 0 radical (unpaired) electrons. The lowest BCUT2D eigenvalue weighted by atomic mass is 10.1. The molecule has 0 spiro atoms. The Balaban J connectivity index is 2.24. The van der Waals surface area contributed by atoms with Crippen molar-refractivity contribution in [3.63, 3.8) is 0 Å². The molecule has 0 saturated carbocycles. The van der Waals surface area contributed by atoms with Crippen LogP contribution in [0.15, 0.2) is 18.2 Å². The molecule has 1 heterocycles. The second-order valence-electron chi connectivity index (χ2n) is 4.37. The minimum Gasteiger partial charge on any atom is -0.462 e. The number of nitrogens with zero attached hydrogens (tertiary/aromatic N) is 1. The highest BCUT2D eigenvalue weighted by atomic mass is 16.5. The van der Waals surface area contributed by atoms with Gasteiger partial charge in [-0.15, -0.1) is 0 Å². The lowest BCUT2D eigenvalue weighted by Gasteiger charge is -2.17. The lowest BCUT2D eigenvalue weighted by molar-refractivity contribution is -0.117. The van der Waals surface area contributed by atoms with Crippen LogP contribution in [0.4, 0.5) is 5.69 Å². The molecule has 1 saturated heterocycles. The molecule has 96 valence electrons. The summed E-state index contributed by atoms with van der Waals surface area (Å²) in [5.74, 6) is -0.160. The van der Waals surface area contributed by atoms with Crippen molar-refractivity contribution in [3.05, 3.63) is 29.3 Å². The summed E-state index contributed by atoms with van der Waals surface area (Å²) in [6, 6.07) is 5.41. The Bertz CT molecular complexity index is 482. The van der Waals surface area contributed by atoms with E-state index in [4.69, 9.17) is 4.74 Å². The summed E-state index contributed by atoms with van der Waals surface area (Å²) in [6.45, 7) is 4.77. The summed E-state index contributed by atoms with van der Waals surface area (Å²) in [7, 11) is 0. The van der Waals surface area contributed by atoms with E-state index in [0.29, 0.717) is 18.6 Å². The third kappa shape index (κ3) is 2.37. The number of aryl methyl sites for hydroxylation is 1. The summed E-state index contributed by atoms with van der Waals surface area (Å²) in [6.07, 6.45) is 1.51. The molecule has 0 aliphatic carbocycles. The summed E-state index contributed by atoms with van der Waals surface area (Å²) in [5, 5.41) is 0. The van der Waals surface area contributed by atoms with Gasteiger partial charge < -0.3 is 9.64 Å². The summed E-state index contributed by atoms with van der Waals surface area (Å²) in [4.78, 5) is 25.1. The fourth-order valence-electron chi connectivity index (χ4n) is 2.17. The van der Waals surface area contributed by atoms with Gasteiger partial charge in [-0.2, -0.15) is 0 Å². The third-order valence-corrected chi connectivity index (χ3v) is 3.09. The molecule has 0 unspecified atom stereocenters. The number of amides is 1. The maximum atomic E-state index is 11.7. The number of hydrogen-bond donors (Lipinski definition) is 0. The molecule has 1 aromatic rings. The molecule has 18 heavy (non-hydrogen) atoms. The molecule has 1 aliphatic rings. The van der Waals surface area contributed by atoms with Gasteiger partial charge in [-0.3, -0.25) is 4.79 Å². The highest BCUT2D eigenvalue weighted by Crippen LogP contribution is 2.24. The van der Waals surface area contributed by atoms with Crippen LogP contribution < -0.4 is 4.90 Å². The van der Waals surface area contributed by atoms with E-state index in [1.807, 2.05) is 19.1 Å². The molecule has 0 bridgehead atoms. The third-order valence-electron chi connectivity index (χ3n) is 3.09. The number of carbonyl (C=O) groups excluding carboxylic acids is 2. The van der Waals surface area contributed by atoms with Gasteiger partial charge in [0.2, 0.25) is 5.91 Å². The van der Waals surface area contributed by atoms with E-state index in [1.54, 1.807) is 17.9 Å². The van der Waals surface area contributed by atoms with Crippen LogP contribution >= 0.6 is 0 Å². The molecular weight excluding hydrogens is 230 g/mol. The SMILES string of the molecule is CCOC(=O)c1ccc(N2CCCC2=O)cc1C. The Morgan fingerprint density at radius 3 is 2.78 bits per heavy atom. The highest BCUT2D eigenvalue weighted by molar-refractivity contribution is 5.97. The average molecular weight is 247 g/mol. The first-order valence-electron chi connectivity index (χ1n) is 6.21. The van der Waals surface area contributed by atoms with Crippen molar-refractivity contribution in [1.29, 1.82) is 0 Å². The lowest BCUT2D eigenvalue weighted by Crippen LogP contribution is -2.23. The second-order valence-corrected chi connectivity index (χ2v) is 4.37. The van der Waals surface area contributed by atoms with Gasteiger partial charge in [0.05, 0.1) is 12.2 Å². The van der Waals surface area contributed by atoms with Gasteiger partial charge in [0, 0.05) is 18.7 Å². The topological polar surface area (TPSA) is 46.6 Å². The van der Waals surface area contributed by atoms with Gasteiger partial charge in [0.25, 0.3) is 0 Å². The van der Waals surface area contributed by atoms with Gasteiger partial charge in [-0.1, -0.05) is 0 Å². The number of hydrogen-bond acceptors (Lipinski definition) is 3. The number of anilines is 1. The first-order valence-corrected chi connectivity index (χ1v) is 6.21. The smallest absolute Gasteiger partial charge is 0.338 e. The van der Waals surface area contributed by atoms with Crippen LogP contribution in [0.25, 0.3) is 0 Å². The molecular formula is C14H17NO3. The highest BCUT2D eigenvalue weighted by Gasteiger charge is 2.22. The monoisotopic (exact) mass is 247 g/mol. The van der Waals surface area contributed by atoms with Crippen LogP contribution in [0.2, 0.25) is 0 Å². The van der Waals surface area contributed by atoms with Crippen LogP contribution in [0.3, 0.4) is 0 Å².